The molecule has 4 aromatic rings. The Morgan fingerprint density at radius 1 is 1.12 bits per heavy atom. The molecule has 0 bridgehead atoms. The lowest BCUT2D eigenvalue weighted by Crippen LogP contribution is -2.14. The lowest BCUT2D eigenvalue weighted by atomic mass is 10.1. The lowest BCUT2D eigenvalue weighted by molar-refractivity contribution is 0.0599. The molecule has 10 heteroatoms. The molecule has 2 aromatic heterocycles. The molecule has 8 nitrogen and oxygen atoms in total. The van der Waals surface area contributed by atoms with Crippen molar-refractivity contribution in [2.45, 2.75) is 20.4 Å². The summed E-state index contributed by atoms with van der Waals surface area (Å²) >= 11 is 12.2. The Kier molecular flexibility index (Phi) is 6.72. The van der Waals surface area contributed by atoms with Gasteiger partial charge in [0.15, 0.2) is 11.5 Å². The fourth-order valence-electron chi connectivity index (χ4n) is 3.54. The first-order valence-electron chi connectivity index (χ1n) is 10.2. The van der Waals surface area contributed by atoms with E-state index in [1.807, 2.05) is 19.1 Å². The van der Waals surface area contributed by atoms with Crippen molar-refractivity contribution in [1.82, 2.24) is 14.9 Å². The largest absolute Gasteiger partial charge is 0.465 e. The minimum absolute atomic E-state index is 0.0867. The molecule has 0 saturated carbocycles. The van der Waals surface area contributed by atoms with Crippen LogP contribution in [0.3, 0.4) is 0 Å². The molecule has 0 aliphatic heterocycles. The number of carbonyl (C=O) groups excluding carboxylic acids is 2. The molecule has 0 spiro atoms. The number of rotatable bonds is 6. The van der Waals surface area contributed by atoms with Gasteiger partial charge in [0.25, 0.3) is 5.91 Å². The molecule has 0 atom stereocenters. The van der Waals surface area contributed by atoms with E-state index in [0.717, 1.165) is 11.3 Å². The van der Waals surface area contributed by atoms with E-state index in [1.54, 1.807) is 41.9 Å². The SMILES string of the molecule is COC(=O)c1ccccc1Cn1nc(C)c(NC(=O)c2cc(-c3ccc(Cl)cc3Cl)on2)c1C. The molecule has 0 unspecified atom stereocenters. The molecule has 0 aliphatic rings. The summed E-state index contributed by atoms with van der Waals surface area (Å²) in [6.45, 7) is 3.95. The van der Waals surface area contributed by atoms with E-state index in [2.05, 4.69) is 15.6 Å². The summed E-state index contributed by atoms with van der Waals surface area (Å²) in [6, 6.07) is 13.6. The number of halogens is 2. The van der Waals surface area contributed by atoms with Gasteiger partial charge in [0.1, 0.15) is 0 Å². The number of esters is 1. The summed E-state index contributed by atoms with van der Waals surface area (Å²) in [5.41, 5.74) is 3.75. The molecule has 174 valence electrons. The Labute approximate surface area is 205 Å². The number of amides is 1. The number of aryl methyl sites for hydroxylation is 1. The van der Waals surface area contributed by atoms with Crippen LogP contribution in [0.4, 0.5) is 5.69 Å². The van der Waals surface area contributed by atoms with Crippen LogP contribution in [-0.4, -0.2) is 33.9 Å². The molecular weight excluding hydrogens is 479 g/mol. The number of anilines is 1. The van der Waals surface area contributed by atoms with Gasteiger partial charge in [-0.25, -0.2) is 4.79 Å². The second-order valence-corrected chi connectivity index (χ2v) is 8.35. The van der Waals surface area contributed by atoms with Gasteiger partial charge in [-0.3, -0.25) is 9.48 Å². The summed E-state index contributed by atoms with van der Waals surface area (Å²) < 4.78 is 11.9. The van der Waals surface area contributed by atoms with Gasteiger partial charge in [-0.1, -0.05) is 46.6 Å². The van der Waals surface area contributed by atoms with Gasteiger partial charge in [0.2, 0.25) is 0 Å². The molecular formula is C24H20Cl2N4O4. The third-order valence-electron chi connectivity index (χ3n) is 5.30. The van der Waals surface area contributed by atoms with E-state index in [1.165, 1.54) is 13.2 Å². The van der Waals surface area contributed by atoms with Crippen LogP contribution < -0.4 is 5.32 Å². The quantitative estimate of drug-likeness (QED) is 0.350. The number of ether oxygens (including phenoxy) is 1. The van der Waals surface area contributed by atoms with E-state index < -0.39 is 11.9 Å². The number of nitrogens with zero attached hydrogens (tertiary/aromatic N) is 3. The highest BCUT2D eigenvalue weighted by Gasteiger charge is 2.20. The van der Waals surface area contributed by atoms with Crippen LogP contribution in [0.1, 0.15) is 37.8 Å². The topological polar surface area (TPSA) is 99.2 Å². The van der Waals surface area contributed by atoms with Crippen molar-refractivity contribution in [2.24, 2.45) is 0 Å². The van der Waals surface area contributed by atoms with Gasteiger partial charge < -0.3 is 14.6 Å². The average molecular weight is 499 g/mol. The van der Waals surface area contributed by atoms with Crippen LogP contribution in [0.15, 0.2) is 53.1 Å². The Hall–Kier alpha value is -3.62. The van der Waals surface area contributed by atoms with Crippen LogP contribution in [0.25, 0.3) is 11.3 Å². The second-order valence-electron chi connectivity index (χ2n) is 7.51. The first kappa shape index (κ1) is 23.5. The van der Waals surface area contributed by atoms with E-state index in [0.29, 0.717) is 44.9 Å². The number of carbonyl (C=O) groups is 2. The van der Waals surface area contributed by atoms with Crippen molar-refractivity contribution in [2.75, 3.05) is 12.4 Å². The van der Waals surface area contributed by atoms with Gasteiger partial charge in [-0.05, 0) is 43.7 Å². The fraction of sp³-hybridized carbons (Fsp3) is 0.167. The molecule has 0 saturated heterocycles. The zero-order valence-corrected chi connectivity index (χ0v) is 20.1. The minimum Gasteiger partial charge on any atom is -0.465 e. The molecule has 1 N–H and O–H groups in total. The van der Waals surface area contributed by atoms with Crippen LogP contribution >= 0.6 is 23.2 Å². The van der Waals surface area contributed by atoms with Crippen molar-refractivity contribution >= 4 is 40.8 Å². The van der Waals surface area contributed by atoms with Crippen molar-refractivity contribution in [3.8, 4) is 11.3 Å². The third-order valence-corrected chi connectivity index (χ3v) is 5.85. The predicted molar refractivity (Wildman–Crippen MR) is 128 cm³/mol. The monoisotopic (exact) mass is 498 g/mol. The van der Waals surface area contributed by atoms with Gasteiger partial charge in [0, 0.05) is 16.7 Å². The maximum atomic E-state index is 12.9. The van der Waals surface area contributed by atoms with E-state index in [-0.39, 0.29) is 5.69 Å². The van der Waals surface area contributed by atoms with Crippen LogP contribution in [0.5, 0.6) is 0 Å². The number of hydrogen-bond donors (Lipinski definition) is 1. The number of aromatic nitrogens is 3. The highest BCUT2D eigenvalue weighted by atomic mass is 35.5. The van der Waals surface area contributed by atoms with Crippen LogP contribution in [0, 0.1) is 13.8 Å². The highest BCUT2D eigenvalue weighted by molar-refractivity contribution is 6.36. The standard InChI is InChI=1S/C24H20Cl2N4O4/c1-13-22(14(2)30(28-13)12-15-6-4-5-7-17(15)24(32)33-3)27-23(31)20-11-21(34-29-20)18-9-8-16(25)10-19(18)26/h4-11H,12H2,1-3H3,(H,27,31). The van der Waals surface area contributed by atoms with Crippen molar-refractivity contribution in [3.05, 3.63) is 86.8 Å². The van der Waals surface area contributed by atoms with Crippen LogP contribution in [0.2, 0.25) is 10.0 Å². The normalized spacial score (nSPS) is 10.9. The van der Waals surface area contributed by atoms with Crippen LogP contribution in [-0.2, 0) is 11.3 Å². The number of hydrogen-bond acceptors (Lipinski definition) is 6. The zero-order chi connectivity index (χ0) is 24.4. The minimum atomic E-state index is -0.458. The van der Waals surface area contributed by atoms with E-state index in [9.17, 15) is 9.59 Å². The Balaban J connectivity index is 1.55. The first-order valence-corrected chi connectivity index (χ1v) is 11.0. The number of benzene rings is 2. The molecule has 0 fully saturated rings. The van der Waals surface area contributed by atoms with Crippen molar-refractivity contribution < 1.29 is 18.8 Å². The second kappa shape index (κ2) is 9.70. The molecule has 34 heavy (non-hydrogen) atoms. The third kappa shape index (κ3) is 4.69. The number of methoxy groups -OCH3 is 1. The molecule has 0 radical (unpaired) electrons. The van der Waals surface area contributed by atoms with Crippen molar-refractivity contribution in [3.63, 3.8) is 0 Å². The van der Waals surface area contributed by atoms with Gasteiger partial charge in [-0.15, -0.1) is 0 Å². The summed E-state index contributed by atoms with van der Waals surface area (Å²) in [5.74, 6) is -0.538. The average Bonchev–Trinajstić information content (AvgIpc) is 3.40. The Bertz CT molecular complexity index is 1390. The summed E-state index contributed by atoms with van der Waals surface area (Å²) in [4.78, 5) is 25.0. The smallest absolute Gasteiger partial charge is 0.338 e. The Morgan fingerprint density at radius 2 is 1.88 bits per heavy atom. The van der Waals surface area contributed by atoms with E-state index >= 15 is 0 Å². The van der Waals surface area contributed by atoms with Gasteiger partial charge >= 0.3 is 5.97 Å². The van der Waals surface area contributed by atoms with Crippen molar-refractivity contribution in [1.29, 1.82) is 0 Å². The molecule has 2 aromatic carbocycles. The van der Waals surface area contributed by atoms with E-state index in [4.69, 9.17) is 32.5 Å². The zero-order valence-electron chi connectivity index (χ0n) is 18.6. The summed E-state index contributed by atoms with van der Waals surface area (Å²) in [7, 11) is 1.34. The molecule has 2 heterocycles. The lowest BCUT2D eigenvalue weighted by Gasteiger charge is -2.10. The number of nitrogens with one attached hydrogen (secondary N) is 1. The molecule has 1 amide bonds. The highest BCUT2D eigenvalue weighted by Crippen LogP contribution is 2.31. The predicted octanol–water partition coefficient (Wildman–Crippen LogP) is 5.55. The van der Waals surface area contributed by atoms with Gasteiger partial charge in [-0.2, -0.15) is 5.10 Å². The fourth-order valence-corrected chi connectivity index (χ4v) is 4.04. The molecule has 0 aliphatic carbocycles. The van der Waals surface area contributed by atoms with Gasteiger partial charge in [0.05, 0.1) is 41.3 Å². The summed E-state index contributed by atoms with van der Waals surface area (Å²) in [6.07, 6.45) is 0. The first-order chi connectivity index (χ1) is 16.3. The Morgan fingerprint density at radius 3 is 2.62 bits per heavy atom. The molecule has 4 rings (SSSR count). The maximum absolute atomic E-state index is 12.9. The summed E-state index contributed by atoms with van der Waals surface area (Å²) in [5, 5.41) is 12.1. The maximum Gasteiger partial charge on any atom is 0.338 e.